The number of allylic oxidation sites excluding steroid dienone is 2. The van der Waals surface area contributed by atoms with Crippen LogP contribution >= 0.6 is 23.2 Å². The largest absolute Gasteiger partial charge is 0.480 e. The maximum atomic E-state index is 15.3. The third-order valence-corrected chi connectivity index (χ3v) is 9.51. The second-order valence-corrected chi connectivity index (χ2v) is 13.0. The molecule has 0 amide bonds. The topological polar surface area (TPSA) is 118 Å². The number of hydrogen-bond donors (Lipinski definition) is 4. The molecule has 0 bridgehead atoms. The molecule has 4 aromatic rings. The lowest BCUT2D eigenvalue weighted by atomic mass is 9.98. The molecule has 2 atom stereocenters. The van der Waals surface area contributed by atoms with Crippen LogP contribution in [0.25, 0.3) is 33.6 Å². The smallest absolute Gasteiger partial charge is 0.237 e. The molecule has 4 N–H and O–H groups in total. The summed E-state index contributed by atoms with van der Waals surface area (Å²) in [6.07, 6.45) is 6.91. The van der Waals surface area contributed by atoms with Crippen LogP contribution < -0.4 is 30.7 Å². The minimum atomic E-state index is -0.631. The molecular formula is C36H38Cl2F2N8O2. The zero-order valence-electron chi connectivity index (χ0n) is 27.8. The quantitative estimate of drug-likeness (QED) is 0.121. The fourth-order valence-corrected chi connectivity index (χ4v) is 6.78. The third kappa shape index (κ3) is 7.99. The first-order chi connectivity index (χ1) is 24.1. The van der Waals surface area contributed by atoms with Crippen LogP contribution in [-0.2, 0) is 13.1 Å². The summed E-state index contributed by atoms with van der Waals surface area (Å²) in [6.45, 7) is 10.2. The van der Waals surface area contributed by atoms with Gasteiger partial charge in [0.2, 0.25) is 11.8 Å². The molecule has 4 heterocycles. The monoisotopic (exact) mass is 722 g/mol. The highest BCUT2D eigenvalue weighted by Crippen LogP contribution is 2.43. The van der Waals surface area contributed by atoms with Gasteiger partial charge < -0.3 is 30.7 Å². The van der Waals surface area contributed by atoms with Gasteiger partial charge >= 0.3 is 0 Å². The van der Waals surface area contributed by atoms with E-state index in [0.717, 1.165) is 50.2 Å². The number of aromatic nitrogens is 4. The van der Waals surface area contributed by atoms with Crippen molar-refractivity contribution in [2.45, 2.75) is 50.9 Å². The lowest BCUT2D eigenvalue weighted by Crippen LogP contribution is -2.33. The highest BCUT2D eigenvalue weighted by atomic mass is 35.5. The lowest BCUT2D eigenvalue weighted by molar-refractivity contribution is 0.386. The van der Waals surface area contributed by atoms with Crippen molar-refractivity contribution in [3.8, 4) is 45.4 Å². The molecule has 0 aliphatic carbocycles. The van der Waals surface area contributed by atoms with Crippen LogP contribution in [0.5, 0.6) is 11.8 Å². The van der Waals surface area contributed by atoms with E-state index in [2.05, 4.69) is 54.4 Å². The summed E-state index contributed by atoms with van der Waals surface area (Å²) in [7, 11) is 2.97. The maximum absolute atomic E-state index is 15.3. The van der Waals surface area contributed by atoms with E-state index in [0.29, 0.717) is 36.6 Å². The van der Waals surface area contributed by atoms with Crippen LogP contribution in [0.3, 0.4) is 0 Å². The van der Waals surface area contributed by atoms with E-state index in [4.69, 9.17) is 32.7 Å². The van der Waals surface area contributed by atoms with Crippen molar-refractivity contribution >= 4 is 23.2 Å². The number of nitrogens with one attached hydrogen (secondary N) is 4. The van der Waals surface area contributed by atoms with E-state index in [-0.39, 0.29) is 55.4 Å². The van der Waals surface area contributed by atoms with Crippen LogP contribution in [0.2, 0.25) is 10.0 Å². The van der Waals surface area contributed by atoms with E-state index >= 15 is 8.78 Å². The number of ether oxygens (including phenoxy) is 2. The van der Waals surface area contributed by atoms with E-state index in [9.17, 15) is 0 Å². The molecule has 0 saturated carbocycles. The summed E-state index contributed by atoms with van der Waals surface area (Å²) >= 11 is 13.8. The second kappa shape index (κ2) is 15.7. The average molecular weight is 724 g/mol. The first-order valence-corrected chi connectivity index (χ1v) is 17.0. The molecule has 2 aliphatic rings. The van der Waals surface area contributed by atoms with Crippen LogP contribution in [0.4, 0.5) is 8.78 Å². The zero-order valence-corrected chi connectivity index (χ0v) is 29.3. The Balaban J connectivity index is 1.25. The highest BCUT2D eigenvalue weighted by molar-refractivity contribution is 6.39. The van der Waals surface area contributed by atoms with Gasteiger partial charge in [-0.15, -0.1) is 0 Å². The summed E-state index contributed by atoms with van der Waals surface area (Å²) < 4.78 is 41.5. The molecule has 2 saturated heterocycles. The fourth-order valence-electron chi connectivity index (χ4n) is 6.17. The van der Waals surface area contributed by atoms with Gasteiger partial charge in [0.1, 0.15) is 23.0 Å². The molecule has 14 heteroatoms. The summed E-state index contributed by atoms with van der Waals surface area (Å²) in [5, 5.41) is 13.6. The maximum Gasteiger partial charge on any atom is 0.237 e. The molecule has 0 radical (unpaired) electrons. The summed E-state index contributed by atoms with van der Waals surface area (Å²) in [5.41, 5.74) is 4.55. The minimum absolute atomic E-state index is 0.102. The van der Waals surface area contributed by atoms with Gasteiger partial charge in [-0.05, 0) is 49.9 Å². The van der Waals surface area contributed by atoms with Crippen LogP contribution in [0.15, 0.2) is 61.2 Å². The van der Waals surface area contributed by atoms with Crippen LogP contribution in [-0.4, -0.2) is 59.3 Å². The van der Waals surface area contributed by atoms with Crippen LogP contribution in [0.1, 0.15) is 37.1 Å². The molecule has 2 aromatic heterocycles. The molecule has 6 rings (SSSR count). The Bertz CT molecular complexity index is 1790. The van der Waals surface area contributed by atoms with Gasteiger partial charge in [0.15, 0.2) is 0 Å². The highest BCUT2D eigenvalue weighted by Gasteiger charge is 2.23. The summed E-state index contributed by atoms with van der Waals surface area (Å²) in [6, 6.07) is 5.45. The van der Waals surface area contributed by atoms with Crippen molar-refractivity contribution < 1.29 is 18.3 Å². The molecule has 50 heavy (non-hydrogen) atoms. The molecule has 2 fully saturated rings. The number of nitrogens with zero attached hydrogens (tertiary/aromatic N) is 4. The van der Waals surface area contributed by atoms with Gasteiger partial charge in [-0.25, -0.2) is 18.7 Å². The van der Waals surface area contributed by atoms with Gasteiger partial charge in [-0.2, -0.15) is 0 Å². The standard InChI is InChI=1S/C36H38Cl2F2N8O2/c1-19-5-7-23(45-19)13-41-15-31-35(49-3)47-29(17-43-31)27-11-21(39)9-25(33(27)37)26-10-22(40)12-28(34(26)38)30-18-44-32(36(48-30)50-4)16-42-14-24-8-6-20(2)46-24/h9-12,17-18,23-24,41-42,45-46H,1-2,5-8,13-16H2,3-4H3/t23-,24-/m0/s1. The second-order valence-electron chi connectivity index (χ2n) is 12.3. The normalized spacial score (nSPS) is 17.2. The molecule has 262 valence electrons. The van der Waals surface area contributed by atoms with Crippen molar-refractivity contribution in [1.82, 2.24) is 41.2 Å². The lowest BCUT2D eigenvalue weighted by Gasteiger charge is -2.16. The van der Waals surface area contributed by atoms with E-state index in [1.165, 1.54) is 50.9 Å². The molecular weight excluding hydrogens is 685 g/mol. The van der Waals surface area contributed by atoms with Crippen LogP contribution in [0, 0.1) is 11.6 Å². The minimum Gasteiger partial charge on any atom is -0.480 e. The van der Waals surface area contributed by atoms with Gasteiger partial charge in [-0.3, -0.25) is 9.97 Å². The Morgan fingerprint density at radius 2 is 1.12 bits per heavy atom. The molecule has 2 aliphatic heterocycles. The average Bonchev–Trinajstić information content (AvgIpc) is 3.73. The van der Waals surface area contributed by atoms with Crippen molar-refractivity contribution in [2.75, 3.05) is 27.3 Å². The Labute approximate surface area is 299 Å². The third-order valence-electron chi connectivity index (χ3n) is 8.70. The number of rotatable bonds is 13. The van der Waals surface area contributed by atoms with Crippen molar-refractivity contribution in [1.29, 1.82) is 0 Å². The number of hydrogen-bond acceptors (Lipinski definition) is 10. The summed E-state index contributed by atoms with van der Waals surface area (Å²) in [4.78, 5) is 18.2. The van der Waals surface area contributed by atoms with E-state index < -0.39 is 11.6 Å². The molecule has 2 aromatic carbocycles. The van der Waals surface area contributed by atoms with Crippen molar-refractivity contribution in [3.05, 3.63) is 94.3 Å². The zero-order chi connectivity index (χ0) is 35.4. The molecule has 0 spiro atoms. The number of benzene rings is 2. The van der Waals surface area contributed by atoms with Gasteiger partial charge in [0, 0.05) is 71.9 Å². The SMILES string of the molecule is C=C1CC[C@@H](CNCc2ncc(-c3cc(F)cc(-c4cc(F)cc(-c5cnc(CNC[C@@H]6CCC(=C)N6)c(OC)n5)c4Cl)c3Cl)nc2OC)N1. The Kier molecular flexibility index (Phi) is 11.1. The van der Waals surface area contributed by atoms with Gasteiger partial charge in [0.25, 0.3) is 0 Å². The fraction of sp³-hybridized carbons (Fsp3) is 0.333. The molecule has 0 unspecified atom stereocenters. The number of halogens is 4. The van der Waals surface area contributed by atoms with E-state index in [1.807, 2.05) is 0 Å². The first-order valence-electron chi connectivity index (χ1n) is 16.2. The first kappa shape index (κ1) is 35.5. The Hall–Kier alpha value is -4.36. The summed E-state index contributed by atoms with van der Waals surface area (Å²) in [5.74, 6) is -0.735. The van der Waals surface area contributed by atoms with Crippen molar-refractivity contribution in [2.24, 2.45) is 0 Å². The van der Waals surface area contributed by atoms with E-state index in [1.54, 1.807) is 0 Å². The Morgan fingerprint density at radius 1 is 0.720 bits per heavy atom. The Morgan fingerprint density at radius 3 is 1.48 bits per heavy atom. The number of methoxy groups -OCH3 is 2. The predicted octanol–water partition coefficient (Wildman–Crippen LogP) is 6.58. The van der Waals surface area contributed by atoms with Gasteiger partial charge in [-0.1, -0.05) is 36.4 Å². The van der Waals surface area contributed by atoms with Gasteiger partial charge in [0.05, 0.1) is 48.0 Å². The molecule has 10 nitrogen and oxygen atoms in total. The van der Waals surface area contributed by atoms with Crippen molar-refractivity contribution in [3.63, 3.8) is 0 Å². The predicted molar refractivity (Wildman–Crippen MR) is 191 cm³/mol.